The van der Waals surface area contributed by atoms with E-state index in [0.717, 1.165) is 10.7 Å². The molecule has 0 radical (unpaired) electrons. The SMILES string of the molecule is O=C(OCCCS(=O)(=O)O)c1cc(I)cc(I)c1I. The Hall–Kier alpha value is 0.790. The van der Waals surface area contributed by atoms with Crippen LogP contribution in [0, 0.1) is 10.7 Å². The minimum absolute atomic E-state index is 0.0449. The Morgan fingerprint density at radius 3 is 2.47 bits per heavy atom. The second-order valence-electron chi connectivity index (χ2n) is 3.52. The number of hydrogen-bond donors (Lipinski definition) is 1. The molecule has 0 saturated carbocycles. The molecule has 0 aliphatic carbocycles. The summed E-state index contributed by atoms with van der Waals surface area (Å²) in [6, 6.07) is 3.66. The molecule has 0 spiro atoms. The van der Waals surface area contributed by atoms with Crippen LogP contribution in [0.3, 0.4) is 0 Å². The molecule has 1 aromatic rings. The number of rotatable bonds is 5. The van der Waals surface area contributed by atoms with Gasteiger partial charge in [0.05, 0.1) is 17.9 Å². The Morgan fingerprint density at radius 1 is 1.26 bits per heavy atom. The van der Waals surface area contributed by atoms with E-state index >= 15 is 0 Å². The van der Waals surface area contributed by atoms with Crippen molar-refractivity contribution in [3.63, 3.8) is 0 Å². The third kappa shape index (κ3) is 6.39. The number of carbonyl (C=O) groups excluding carboxylic acids is 1. The van der Waals surface area contributed by atoms with Crippen molar-refractivity contribution in [2.45, 2.75) is 6.42 Å². The van der Waals surface area contributed by atoms with E-state index in [2.05, 4.69) is 67.8 Å². The predicted molar refractivity (Wildman–Crippen MR) is 95.9 cm³/mol. The Kier molecular flexibility index (Phi) is 7.23. The predicted octanol–water partition coefficient (Wildman–Crippen LogP) is 2.94. The lowest BCUT2D eigenvalue weighted by molar-refractivity contribution is 0.0503. The molecule has 0 fully saturated rings. The summed E-state index contributed by atoms with van der Waals surface area (Å²) in [7, 11) is -4.00. The van der Waals surface area contributed by atoms with Crippen molar-refractivity contribution < 1.29 is 22.5 Å². The normalized spacial score (nSPS) is 11.4. The van der Waals surface area contributed by atoms with Crippen molar-refractivity contribution >= 4 is 83.9 Å². The van der Waals surface area contributed by atoms with Gasteiger partial charge in [-0.05, 0) is 86.3 Å². The van der Waals surface area contributed by atoms with Gasteiger partial charge in [-0.15, -0.1) is 0 Å². The summed E-state index contributed by atoms with van der Waals surface area (Å²) >= 11 is 6.30. The third-order valence-corrected chi connectivity index (χ3v) is 6.47. The van der Waals surface area contributed by atoms with Crippen LogP contribution in [-0.4, -0.2) is 31.3 Å². The van der Waals surface area contributed by atoms with Gasteiger partial charge < -0.3 is 4.74 Å². The van der Waals surface area contributed by atoms with E-state index < -0.39 is 21.8 Å². The van der Waals surface area contributed by atoms with Gasteiger partial charge in [0.25, 0.3) is 10.1 Å². The maximum Gasteiger partial charge on any atom is 0.339 e. The van der Waals surface area contributed by atoms with E-state index in [4.69, 9.17) is 9.29 Å². The van der Waals surface area contributed by atoms with Gasteiger partial charge in [0, 0.05) is 10.7 Å². The molecule has 5 nitrogen and oxygen atoms in total. The first-order chi connectivity index (χ1) is 8.70. The lowest BCUT2D eigenvalue weighted by Gasteiger charge is -2.08. The second-order valence-corrected chi connectivity index (χ2v) is 8.58. The molecule has 0 heterocycles. The molecular formula is C10H9I3O5S. The fourth-order valence-corrected chi connectivity index (χ4v) is 4.05. The van der Waals surface area contributed by atoms with Crippen molar-refractivity contribution in [3.8, 4) is 0 Å². The van der Waals surface area contributed by atoms with Gasteiger partial charge >= 0.3 is 5.97 Å². The molecule has 0 unspecified atom stereocenters. The smallest absolute Gasteiger partial charge is 0.339 e. The van der Waals surface area contributed by atoms with Gasteiger partial charge in [-0.2, -0.15) is 8.42 Å². The quantitative estimate of drug-likeness (QED) is 0.180. The van der Waals surface area contributed by atoms with Crippen molar-refractivity contribution in [2.75, 3.05) is 12.4 Å². The van der Waals surface area contributed by atoms with Crippen LogP contribution in [0.5, 0.6) is 0 Å². The molecule has 0 aromatic heterocycles. The highest BCUT2D eigenvalue weighted by Crippen LogP contribution is 2.23. The molecule has 0 amide bonds. The monoisotopic (exact) mass is 622 g/mol. The zero-order valence-corrected chi connectivity index (χ0v) is 16.7. The third-order valence-electron chi connectivity index (χ3n) is 1.99. The molecule has 9 heteroatoms. The van der Waals surface area contributed by atoms with E-state index in [9.17, 15) is 13.2 Å². The molecule has 1 rings (SSSR count). The van der Waals surface area contributed by atoms with Gasteiger partial charge in [-0.3, -0.25) is 4.55 Å². The maximum atomic E-state index is 11.8. The zero-order valence-electron chi connectivity index (χ0n) is 9.40. The lowest BCUT2D eigenvalue weighted by Crippen LogP contribution is -2.12. The zero-order chi connectivity index (χ0) is 14.6. The fourth-order valence-electron chi connectivity index (χ4n) is 1.19. The molecule has 0 bridgehead atoms. The fraction of sp³-hybridized carbons (Fsp3) is 0.300. The summed E-state index contributed by atoms with van der Waals surface area (Å²) in [5, 5.41) is 0. The first kappa shape index (κ1) is 17.8. The minimum atomic E-state index is -4.00. The van der Waals surface area contributed by atoms with Gasteiger partial charge in [0.1, 0.15) is 0 Å². The summed E-state index contributed by atoms with van der Waals surface area (Å²) in [5.74, 6) is -0.905. The van der Waals surface area contributed by atoms with Crippen LogP contribution in [0.4, 0.5) is 0 Å². The van der Waals surface area contributed by atoms with Crippen molar-refractivity contribution in [2.24, 2.45) is 0 Å². The number of carbonyl (C=O) groups is 1. The Balaban J connectivity index is 2.64. The average molecular weight is 622 g/mol. The van der Waals surface area contributed by atoms with Crippen LogP contribution < -0.4 is 0 Å². The molecule has 19 heavy (non-hydrogen) atoms. The highest BCUT2D eigenvalue weighted by molar-refractivity contribution is 14.1. The number of esters is 1. The first-order valence-electron chi connectivity index (χ1n) is 4.97. The molecule has 0 saturated heterocycles. The van der Waals surface area contributed by atoms with Gasteiger partial charge in [0.15, 0.2) is 0 Å². The van der Waals surface area contributed by atoms with Gasteiger partial charge in [0.2, 0.25) is 0 Å². The Morgan fingerprint density at radius 2 is 1.89 bits per heavy atom. The number of benzene rings is 1. The molecule has 0 aliphatic heterocycles. The maximum absolute atomic E-state index is 11.8. The Bertz CT molecular complexity index is 585. The summed E-state index contributed by atoms with van der Waals surface area (Å²) in [5.41, 5.74) is 0.462. The lowest BCUT2D eigenvalue weighted by atomic mass is 10.2. The summed E-state index contributed by atoms with van der Waals surface area (Å²) in [4.78, 5) is 11.8. The molecule has 0 atom stereocenters. The molecule has 1 N–H and O–H groups in total. The van der Waals surface area contributed by atoms with Gasteiger partial charge in [-0.1, -0.05) is 0 Å². The van der Waals surface area contributed by atoms with Crippen molar-refractivity contribution in [3.05, 3.63) is 28.4 Å². The Labute approximate surface area is 152 Å². The van der Waals surface area contributed by atoms with Crippen LogP contribution in [0.15, 0.2) is 12.1 Å². The van der Waals surface area contributed by atoms with Crippen LogP contribution >= 0.6 is 67.8 Å². The van der Waals surface area contributed by atoms with E-state index in [1.54, 1.807) is 6.07 Å². The number of hydrogen-bond acceptors (Lipinski definition) is 4. The number of halogens is 3. The largest absolute Gasteiger partial charge is 0.462 e. The van der Waals surface area contributed by atoms with Crippen LogP contribution in [-0.2, 0) is 14.9 Å². The van der Waals surface area contributed by atoms with Gasteiger partial charge in [-0.25, -0.2) is 4.79 Å². The summed E-state index contributed by atoms with van der Waals surface area (Å²) in [6.45, 7) is -0.0449. The molecule has 1 aromatic carbocycles. The molecule has 106 valence electrons. The highest BCUT2D eigenvalue weighted by atomic mass is 127. The molecular weight excluding hydrogens is 613 g/mol. The van der Waals surface area contributed by atoms with E-state index in [-0.39, 0.29) is 13.0 Å². The van der Waals surface area contributed by atoms with Crippen LogP contribution in [0.1, 0.15) is 16.8 Å². The highest BCUT2D eigenvalue weighted by Gasteiger charge is 2.15. The van der Waals surface area contributed by atoms with Crippen molar-refractivity contribution in [1.29, 1.82) is 0 Å². The van der Waals surface area contributed by atoms with E-state index in [1.807, 2.05) is 6.07 Å². The minimum Gasteiger partial charge on any atom is -0.462 e. The average Bonchev–Trinajstić information content (AvgIpc) is 2.27. The summed E-state index contributed by atoms with van der Waals surface area (Å²) < 4.78 is 37.2. The first-order valence-corrected chi connectivity index (χ1v) is 9.82. The summed E-state index contributed by atoms with van der Waals surface area (Å²) in [6.07, 6.45) is 0.0716. The second kappa shape index (κ2) is 7.70. The standard InChI is InChI=1S/C10H9I3O5S/c11-6-4-7(9(13)8(12)5-6)10(14)18-2-1-3-19(15,16)17/h4-5H,1-3H2,(H,15,16,17). The molecule has 0 aliphatic rings. The van der Waals surface area contributed by atoms with E-state index in [0.29, 0.717) is 5.56 Å². The van der Waals surface area contributed by atoms with Crippen molar-refractivity contribution in [1.82, 2.24) is 0 Å². The van der Waals surface area contributed by atoms with Crippen LogP contribution in [0.2, 0.25) is 0 Å². The van der Waals surface area contributed by atoms with E-state index in [1.165, 1.54) is 0 Å². The topological polar surface area (TPSA) is 80.7 Å². The number of ether oxygens (including phenoxy) is 1. The van der Waals surface area contributed by atoms with Crippen LogP contribution in [0.25, 0.3) is 0 Å².